The van der Waals surface area contributed by atoms with Gasteiger partial charge in [-0.15, -0.1) is 0 Å². The fourth-order valence-electron chi connectivity index (χ4n) is 4.56. The number of Topliss-reactive ketones (excluding diaryl/α,β-unsaturated/α-hetero) is 1. The summed E-state index contributed by atoms with van der Waals surface area (Å²) < 4.78 is 7.83. The quantitative estimate of drug-likeness (QED) is 0.226. The van der Waals surface area contributed by atoms with Gasteiger partial charge in [-0.3, -0.25) is 9.59 Å². The minimum atomic E-state index is -0.888. The van der Waals surface area contributed by atoms with Crippen LogP contribution >= 0.6 is 11.6 Å². The highest BCUT2D eigenvalue weighted by Crippen LogP contribution is 2.29. The van der Waals surface area contributed by atoms with Crippen molar-refractivity contribution in [1.82, 2.24) is 14.5 Å². The van der Waals surface area contributed by atoms with Crippen LogP contribution in [0, 0.1) is 5.92 Å². The topological polar surface area (TPSA) is 84.7 Å². The molecule has 3 aromatic rings. The maximum absolute atomic E-state index is 13.5. The lowest BCUT2D eigenvalue weighted by molar-refractivity contribution is -0.137. The summed E-state index contributed by atoms with van der Waals surface area (Å²) in [6.07, 6.45) is 4.44. The highest BCUT2D eigenvalue weighted by Gasteiger charge is 2.24. The molecule has 2 aromatic heterocycles. The molecule has 0 spiro atoms. The predicted molar refractivity (Wildman–Crippen MR) is 143 cm³/mol. The third-order valence-electron chi connectivity index (χ3n) is 6.15. The smallest absolute Gasteiger partial charge is 0.303 e. The number of hydrogen-bond donors (Lipinski definition) is 1. The number of carbonyl (C=O) groups is 2. The first kappa shape index (κ1) is 27.8. The second kappa shape index (κ2) is 13.0. The molecule has 0 aliphatic rings. The molecule has 0 aliphatic carbocycles. The summed E-state index contributed by atoms with van der Waals surface area (Å²) in [7, 11) is 5.94. The number of ketones is 1. The lowest BCUT2D eigenvalue weighted by atomic mass is 9.94. The van der Waals surface area contributed by atoms with E-state index in [1.54, 1.807) is 0 Å². The molecule has 194 valence electrons. The number of hydrogen-bond acceptors (Lipinski definition) is 5. The molecule has 0 amide bonds. The first-order chi connectivity index (χ1) is 17.2. The van der Waals surface area contributed by atoms with Gasteiger partial charge in [0, 0.05) is 60.9 Å². The molecule has 1 atom stereocenters. The highest BCUT2D eigenvalue weighted by atomic mass is 35.5. The molecule has 0 aliphatic heterocycles. The van der Waals surface area contributed by atoms with Gasteiger partial charge in [-0.05, 0) is 68.6 Å². The van der Waals surface area contributed by atoms with Crippen LogP contribution in [0.2, 0.25) is 5.02 Å². The Kier molecular flexibility index (Phi) is 10.0. The number of benzene rings is 1. The monoisotopic (exact) mass is 513 g/mol. The van der Waals surface area contributed by atoms with Gasteiger partial charge in [-0.1, -0.05) is 30.7 Å². The van der Waals surface area contributed by atoms with Crippen molar-refractivity contribution < 1.29 is 19.4 Å². The van der Waals surface area contributed by atoms with Crippen molar-refractivity contribution in [3.05, 3.63) is 63.9 Å². The Morgan fingerprint density at radius 2 is 1.94 bits per heavy atom. The molecule has 0 saturated carbocycles. The fourth-order valence-corrected chi connectivity index (χ4v) is 4.77. The van der Waals surface area contributed by atoms with Crippen molar-refractivity contribution in [1.29, 1.82) is 0 Å². The summed E-state index contributed by atoms with van der Waals surface area (Å²) in [4.78, 5) is 31.3. The van der Waals surface area contributed by atoms with Crippen molar-refractivity contribution in [2.24, 2.45) is 13.0 Å². The number of rotatable bonds is 14. The lowest BCUT2D eigenvalue weighted by Gasteiger charge is -2.11. The minimum absolute atomic E-state index is 0.0228. The molecule has 0 saturated heterocycles. The predicted octanol–water partition coefficient (Wildman–Crippen LogP) is 5.51. The Bertz CT molecular complexity index is 1200. The van der Waals surface area contributed by atoms with E-state index >= 15 is 0 Å². The second-order valence-electron chi connectivity index (χ2n) is 9.80. The number of aromatic nitrogens is 2. The van der Waals surface area contributed by atoms with Gasteiger partial charge in [0.05, 0.1) is 6.61 Å². The van der Waals surface area contributed by atoms with Crippen LogP contribution in [0.5, 0.6) is 0 Å². The number of unbranched alkanes of at least 4 members (excludes halogenated alkanes) is 1. The van der Waals surface area contributed by atoms with Crippen LogP contribution in [0.15, 0.2) is 36.5 Å². The van der Waals surface area contributed by atoms with Crippen LogP contribution in [0.4, 0.5) is 0 Å². The summed E-state index contributed by atoms with van der Waals surface area (Å²) in [5, 5.41) is 10.7. The maximum Gasteiger partial charge on any atom is 0.303 e. The van der Waals surface area contributed by atoms with Gasteiger partial charge >= 0.3 is 5.97 Å². The SMILES string of the molecule is C[C@H](CC(=O)O)CC(=O)c1c(CCCCOCc2cccc(Cl)c2)n(C)c2ncc(CN(C)C)cc12. The van der Waals surface area contributed by atoms with Crippen LogP contribution in [0.3, 0.4) is 0 Å². The zero-order valence-corrected chi connectivity index (χ0v) is 22.3. The number of carboxylic acids is 1. The van der Waals surface area contributed by atoms with E-state index in [9.17, 15) is 9.59 Å². The van der Waals surface area contributed by atoms with Crippen molar-refractivity contribution in [3.8, 4) is 0 Å². The highest BCUT2D eigenvalue weighted by molar-refractivity contribution is 6.30. The van der Waals surface area contributed by atoms with E-state index < -0.39 is 5.97 Å². The molecule has 36 heavy (non-hydrogen) atoms. The average Bonchev–Trinajstić information content (AvgIpc) is 3.06. The summed E-state index contributed by atoms with van der Waals surface area (Å²) in [5.74, 6) is -1.15. The van der Waals surface area contributed by atoms with Gasteiger partial charge < -0.3 is 19.3 Å². The van der Waals surface area contributed by atoms with Gasteiger partial charge in [-0.2, -0.15) is 0 Å². The van der Waals surface area contributed by atoms with Crippen LogP contribution in [-0.4, -0.2) is 52.0 Å². The second-order valence-corrected chi connectivity index (χ2v) is 10.2. The normalized spacial score (nSPS) is 12.4. The molecule has 0 radical (unpaired) electrons. The first-order valence-electron chi connectivity index (χ1n) is 12.3. The number of aliphatic carboxylic acids is 1. The number of carboxylic acid groups (broad SMARTS) is 1. The third-order valence-corrected chi connectivity index (χ3v) is 6.38. The molecule has 2 heterocycles. The summed E-state index contributed by atoms with van der Waals surface area (Å²) in [5.41, 5.74) is 4.48. The number of halogens is 1. The Balaban J connectivity index is 1.75. The van der Waals surface area contributed by atoms with Crippen LogP contribution in [0.1, 0.15) is 59.8 Å². The van der Waals surface area contributed by atoms with Crippen molar-refractivity contribution in [2.45, 2.75) is 52.2 Å². The van der Waals surface area contributed by atoms with Gasteiger partial charge in [0.25, 0.3) is 0 Å². The van der Waals surface area contributed by atoms with Gasteiger partial charge in [0.2, 0.25) is 0 Å². The molecular formula is C28H36ClN3O4. The van der Waals surface area contributed by atoms with Gasteiger partial charge in [0.1, 0.15) is 5.65 Å². The van der Waals surface area contributed by atoms with Crippen molar-refractivity contribution in [2.75, 3.05) is 20.7 Å². The molecule has 0 unspecified atom stereocenters. The number of aryl methyl sites for hydroxylation is 1. The Labute approximate surface area is 218 Å². The van der Waals surface area contributed by atoms with E-state index in [2.05, 4.69) is 16.0 Å². The molecule has 0 fully saturated rings. The molecule has 1 aromatic carbocycles. The van der Waals surface area contributed by atoms with E-state index in [0.29, 0.717) is 30.2 Å². The zero-order chi connectivity index (χ0) is 26.2. The maximum atomic E-state index is 13.5. The van der Waals surface area contributed by atoms with E-state index in [-0.39, 0.29) is 24.5 Å². The Morgan fingerprint density at radius 1 is 1.17 bits per heavy atom. The van der Waals surface area contributed by atoms with E-state index in [4.69, 9.17) is 21.4 Å². The lowest BCUT2D eigenvalue weighted by Crippen LogP contribution is -2.13. The van der Waals surface area contributed by atoms with Gasteiger partial charge in [0.15, 0.2) is 5.78 Å². The van der Waals surface area contributed by atoms with E-state index in [0.717, 1.165) is 47.2 Å². The molecule has 1 N–H and O–H groups in total. The number of nitrogens with zero attached hydrogens (tertiary/aromatic N) is 3. The standard InChI is InChI=1S/C28H36ClN3O4/c1-19(13-26(34)35)12-25(33)27-23-15-21(17-31(2)3)16-30-28(23)32(4)24(27)10-5-6-11-36-18-20-8-7-9-22(29)14-20/h7-9,14-16,19H,5-6,10-13,17-18H2,1-4H3,(H,34,35)/t19-/m0/s1. The number of pyridine rings is 1. The minimum Gasteiger partial charge on any atom is -0.481 e. The zero-order valence-electron chi connectivity index (χ0n) is 21.6. The summed E-state index contributed by atoms with van der Waals surface area (Å²) in [6.45, 7) is 3.66. The number of fused-ring (bicyclic) bond motifs is 1. The van der Waals surface area contributed by atoms with E-state index in [1.165, 1.54) is 0 Å². The van der Waals surface area contributed by atoms with Crippen LogP contribution in [0.25, 0.3) is 11.0 Å². The number of ether oxygens (including phenoxy) is 1. The van der Waals surface area contributed by atoms with Gasteiger partial charge in [-0.25, -0.2) is 4.98 Å². The molecule has 3 rings (SSSR count). The third kappa shape index (κ3) is 7.63. The molecule has 8 heteroatoms. The van der Waals surface area contributed by atoms with Crippen LogP contribution < -0.4 is 0 Å². The Morgan fingerprint density at radius 3 is 2.64 bits per heavy atom. The van der Waals surface area contributed by atoms with E-state index in [1.807, 2.05) is 63.1 Å². The first-order valence-corrected chi connectivity index (χ1v) is 12.7. The Hall–Kier alpha value is -2.74. The van der Waals surface area contributed by atoms with Crippen molar-refractivity contribution >= 4 is 34.4 Å². The number of carbonyl (C=O) groups excluding carboxylic acids is 1. The fraction of sp³-hybridized carbons (Fsp3) is 0.464. The average molecular weight is 514 g/mol. The molecular weight excluding hydrogens is 478 g/mol. The van der Waals surface area contributed by atoms with Crippen LogP contribution in [-0.2, 0) is 36.2 Å². The summed E-state index contributed by atoms with van der Waals surface area (Å²) in [6, 6.07) is 9.69. The molecule has 0 bridgehead atoms. The molecule has 7 nitrogen and oxygen atoms in total. The van der Waals surface area contributed by atoms with Crippen molar-refractivity contribution in [3.63, 3.8) is 0 Å². The largest absolute Gasteiger partial charge is 0.481 e. The summed E-state index contributed by atoms with van der Waals surface area (Å²) >= 11 is 6.03.